The highest BCUT2D eigenvalue weighted by atomic mass is 35.5. The number of likely N-dealkylation sites (tertiary alicyclic amines) is 1. The quantitative estimate of drug-likeness (QED) is 0.179. The van der Waals surface area contributed by atoms with E-state index in [1.165, 1.54) is 0 Å². The minimum atomic E-state index is -1.06. The van der Waals surface area contributed by atoms with Crippen LogP contribution in [0.1, 0.15) is 101 Å². The molecule has 4 heterocycles. The number of anilines is 1. The fraction of sp³-hybridized carbons (Fsp3) is 0.447. The molecule has 2 aliphatic carbocycles. The van der Waals surface area contributed by atoms with Gasteiger partial charge >= 0.3 is 0 Å². The number of fused-ring (bicyclic) bond motifs is 2. The Hall–Kier alpha value is -5.49. The summed E-state index contributed by atoms with van der Waals surface area (Å²) in [4.78, 5) is 71.2. The number of halogens is 1. The van der Waals surface area contributed by atoms with Crippen LogP contribution >= 0.6 is 11.6 Å². The van der Waals surface area contributed by atoms with E-state index >= 15 is 0 Å². The summed E-state index contributed by atoms with van der Waals surface area (Å²) in [6, 6.07) is 18.9. The summed E-state index contributed by atoms with van der Waals surface area (Å²) < 4.78 is 6.48. The fourth-order valence-electron chi connectivity index (χ4n) is 11.1. The van der Waals surface area contributed by atoms with Gasteiger partial charge < -0.3 is 14.5 Å². The molecule has 1 saturated carbocycles. The molecular formula is C47H46ClN5O6. The van der Waals surface area contributed by atoms with E-state index in [4.69, 9.17) is 16.3 Å². The normalized spacial score (nSPS) is 26.3. The number of amides is 3. The summed E-state index contributed by atoms with van der Waals surface area (Å²) in [5, 5.41) is 11.9. The van der Waals surface area contributed by atoms with Crippen molar-refractivity contribution in [1.82, 2.24) is 15.1 Å². The number of imide groups is 1. The van der Waals surface area contributed by atoms with Crippen molar-refractivity contribution in [3.05, 3.63) is 93.0 Å². The maximum atomic E-state index is 13.8. The van der Waals surface area contributed by atoms with E-state index in [9.17, 15) is 29.2 Å². The molecule has 11 nitrogen and oxygen atoms in total. The Morgan fingerprint density at radius 3 is 2.25 bits per heavy atom. The zero-order chi connectivity index (χ0) is 41.5. The van der Waals surface area contributed by atoms with Gasteiger partial charge in [-0.05, 0) is 86.4 Å². The van der Waals surface area contributed by atoms with Gasteiger partial charge in [-0.2, -0.15) is 5.26 Å². The molecule has 4 fully saturated rings. The van der Waals surface area contributed by atoms with E-state index in [0.29, 0.717) is 40.0 Å². The Balaban J connectivity index is 0.777. The van der Waals surface area contributed by atoms with Gasteiger partial charge in [-0.15, -0.1) is 0 Å². The van der Waals surface area contributed by atoms with Crippen LogP contribution in [0.25, 0.3) is 0 Å². The third kappa shape index (κ3) is 6.50. The van der Waals surface area contributed by atoms with E-state index in [1.54, 1.807) is 30.3 Å². The van der Waals surface area contributed by atoms with Crippen LogP contribution in [-0.2, 0) is 16.1 Å². The topological polar surface area (TPSA) is 140 Å². The summed E-state index contributed by atoms with van der Waals surface area (Å²) >= 11 is 6.29. The van der Waals surface area contributed by atoms with Crippen molar-refractivity contribution < 1.29 is 28.7 Å². The van der Waals surface area contributed by atoms with Crippen LogP contribution in [0, 0.1) is 51.8 Å². The Kier molecular flexibility index (Phi) is 9.49. The van der Waals surface area contributed by atoms with Gasteiger partial charge in [-0.3, -0.25) is 34.2 Å². The number of ketones is 2. The number of ether oxygens (including phenoxy) is 1. The number of hydrogen-bond acceptors (Lipinski definition) is 9. The predicted molar refractivity (Wildman–Crippen MR) is 220 cm³/mol. The molecule has 3 aromatic carbocycles. The van der Waals surface area contributed by atoms with Gasteiger partial charge in [-0.1, -0.05) is 51.1 Å². The summed E-state index contributed by atoms with van der Waals surface area (Å²) in [7, 11) is 0. The molecule has 0 spiro atoms. The van der Waals surface area contributed by atoms with Crippen LogP contribution in [0.15, 0.2) is 54.6 Å². The lowest BCUT2D eigenvalue weighted by atomic mass is 9.49. The van der Waals surface area contributed by atoms with Crippen molar-refractivity contribution in [2.24, 2.45) is 28.6 Å². The van der Waals surface area contributed by atoms with Crippen LogP contribution in [0.2, 0.25) is 5.02 Å². The van der Waals surface area contributed by atoms with Crippen LogP contribution in [0.4, 0.5) is 5.69 Å². The highest BCUT2D eigenvalue weighted by Gasteiger charge is 2.67. The lowest BCUT2D eigenvalue weighted by Gasteiger charge is -2.65. The van der Waals surface area contributed by atoms with Gasteiger partial charge in [0.15, 0.2) is 11.6 Å². The Morgan fingerprint density at radius 2 is 1.56 bits per heavy atom. The monoisotopic (exact) mass is 811 g/mol. The molecule has 12 heteroatoms. The second-order valence-corrected chi connectivity index (χ2v) is 18.6. The molecule has 2 atom stereocenters. The fourth-order valence-corrected chi connectivity index (χ4v) is 11.3. The molecule has 0 aromatic heterocycles. The number of benzene rings is 3. The first-order valence-electron chi connectivity index (χ1n) is 20.5. The summed E-state index contributed by atoms with van der Waals surface area (Å²) in [6.45, 7) is 12.6. The highest BCUT2D eigenvalue weighted by molar-refractivity contribution is 6.32. The number of nitriles is 1. The van der Waals surface area contributed by atoms with Crippen molar-refractivity contribution in [2.45, 2.75) is 78.1 Å². The molecule has 59 heavy (non-hydrogen) atoms. The first-order valence-corrected chi connectivity index (χ1v) is 20.9. The van der Waals surface area contributed by atoms with Crippen LogP contribution in [0.5, 0.6) is 5.75 Å². The second-order valence-electron chi connectivity index (χ2n) is 18.2. The number of nitrogens with zero attached hydrogens (tertiary/aromatic N) is 4. The van der Waals surface area contributed by atoms with Gasteiger partial charge in [0, 0.05) is 88.9 Å². The number of piperidine rings is 2. The van der Waals surface area contributed by atoms with Crippen molar-refractivity contribution in [1.29, 1.82) is 5.26 Å². The van der Waals surface area contributed by atoms with E-state index in [2.05, 4.69) is 66.8 Å². The molecule has 4 aliphatic heterocycles. The van der Waals surface area contributed by atoms with Crippen LogP contribution < -0.4 is 15.0 Å². The highest BCUT2D eigenvalue weighted by Crippen LogP contribution is 2.59. The molecule has 2 unspecified atom stereocenters. The third-order valence-electron chi connectivity index (χ3n) is 13.8. The molecule has 302 valence electrons. The van der Waals surface area contributed by atoms with Crippen molar-refractivity contribution in [3.8, 4) is 23.7 Å². The minimum absolute atomic E-state index is 0.0330. The number of hydrogen-bond donors (Lipinski definition) is 1. The third-order valence-corrected chi connectivity index (χ3v) is 14.1. The Morgan fingerprint density at radius 1 is 0.847 bits per heavy atom. The van der Waals surface area contributed by atoms with E-state index < -0.39 is 17.7 Å². The molecule has 6 aliphatic rings. The van der Waals surface area contributed by atoms with E-state index in [1.807, 2.05) is 23.1 Å². The number of nitrogens with one attached hydrogen (secondary N) is 1. The maximum Gasteiger partial charge on any atom is 0.254 e. The number of rotatable bonds is 6. The molecule has 0 bridgehead atoms. The molecule has 1 N–H and O–H groups in total. The summed E-state index contributed by atoms with van der Waals surface area (Å²) in [5.74, 6) is 4.43. The lowest BCUT2D eigenvalue weighted by molar-refractivity contribution is -0.199. The summed E-state index contributed by atoms with van der Waals surface area (Å²) in [5.41, 5.74) is 3.98. The average molecular weight is 812 g/mol. The van der Waals surface area contributed by atoms with Crippen molar-refractivity contribution >= 4 is 46.6 Å². The second kappa shape index (κ2) is 14.4. The van der Waals surface area contributed by atoms with E-state index in [-0.39, 0.29) is 65.1 Å². The van der Waals surface area contributed by atoms with Gasteiger partial charge in [0.1, 0.15) is 17.9 Å². The first kappa shape index (κ1) is 39.0. The van der Waals surface area contributed by atoms with E-state index in [0.717, 1.165) is 61.4 Å². The number of carbonyl (C=O) groups is 5. The Labute approximate surface area is 349 Å². The zero-order valence-electron chi connectivity index (χ0n) is 33.6. The van der Waals surface area contributed by atoms with Crippen LogP contribution in [0.3, 0.4) is 0 Å². The summed E-state index contributed by atoms with van der Waals surface area (Å²) in [6.07, 6.45) is 2.10. The average Bonchev–Trinajstić information content (AvgIpc) is 3.62. The largest absolute Gasteiger partial charge is 0.489 e. The van der Waals surface area contributed by atoms with Gasteiger partial charge in [0.2, 0.25) is 11.8 Å². The van der Waals surface area contributed by atoms with Crippen LogP contribution in [-0.4, -0.2) is 83.5 Å². The molecule has 3 saturated heterocycles. The minimum Gasteiger partial charge on any atom is -0.489 e. The molecular weight excluding hydrogens is 766 g/mol. The van der Waals surface area contributed by atoms with Crippen molar-refractivity contribution in [3.63, 3.8) is 0 Å². The zero-order valence-corrected chi connectivity index (χ0v) is 34.4. The number of carbonyl (C=O) groups excluding carboxylic acids is 5. The lowest BCUT2D eigenvalue weighted by Crippen LogP contribution is -2.74. The smallest absolute Gasteiger partial charge is 0.254 e. The van der Waals surface area contributed by atoms with Gasteiger partial charge in [0.25, 0.3) is 5.91 Å². The molecule has 9 rings (SSSR count). The molecule has 3 amide bonds. The number of Topliss-reactive ketones (excluding diaryl/α,β-unsaturated/α-hetero) is 2. The maximum absolute atomic E-state index is 13.8. The Bertz CT molecular complexity index is 2430. The SMILES string of the molecule is CC1(C)[C@H](Oc2ccc(C#N)c(Cl)c2)C(C)(C)[C@H]1N1Cc2cc(C#CC3CCN(C4CN(c5ccc6c(c5)C(=O)C(C5CCC(=O)NC5=O)C6=O)C4)CC3)ccc2C1=O. The molecule has 0 radical (unpaired) electrons. The van der Waals surface area contributed by atoms with Gasteiger partial charge in [-0.25, -0.2) is 0 Å². The standard InChI is InChI=1S/C47H46ClN5O6/c1-46(2)44(47(3,4)45(46)59-32-10-8-28(22-49)37(48)21-32)53-23-29-19-27(7-11-33(29)43(53)58)6-5-26-15-17-51(18-16-26)31-24-52(25-31)30-9-12-34-36(20-30)41(56)39(40(34)55)35-13-14-38(54)50-42(35)57/h7-12,19-21,26,31,35,39,44-45H,13-18,23-25H2,1-4H3,(H,50,54,57)/t35?,39?,44-,45-. The predicted octanol–water partition coefficient (Wildman–Crippen LogP) is 6.05. The van der Waals surface area contributed by atoms with Crippen molar-refractivity contribution in [2.75, 3.05) is 31.1 Å². The molecule has 3 aromatic rings. The van der Waals surface area contributed by atoms with Gasteiger partial charge in [0.05, 0.1) is 22.4 Å². The first-order chi connectivity index (χ1) is 28.1.